The van der Waals surface area contributed by atoms with Gasteiger partial charge in [-0.1, -0.05) is 19.9 Å². The van der Waals surface area contributed by atoms with Crippen molar-refractivity contribution in [3.05, 3.63) is 30.1 Å². The van der Waals surface area contributed by atoms with Gasteiger partial charge in [-0.3, -0.25) is 0 Å². The van der Waals surface area contributed by atoms with E-state index < -0.39 is 0 Å². The van der Waals surface area contributed by atoms with Gasteiger partial charge in [-0.05, 0) is 44.5 Å². The Bertz CT molecular complexity index is 352. The van der Waals surface area contributed by atoms with E-state index in [9.17, 15) is 4.39 Å². The molecule has 0 radical (unpaired) electrons. The van der Waals surface area contributed by atoms with Crippen molar-refractivity contribution in [2.75, 3.05) is 24.5 Å². The van der Waals surface area contributed by atoms with Crippen LogP contribution in [-0.4, -0.2) is 25.7 Å². The van der Waals surface area contributed by atoms with Crippen LogP contribution < -0.4 is 10.2 Å². The fourth-order valence-electron chi connectivity index (χ4n) is 2.09. The largest absolute Gasteiger partial charge is 0.368 e. The van der Waals surface area contributed by atoms with Gasteiger partial charge in [0.2, 0.25) is 0 Å². The van der Waals surface area contributed by atoms with Gasteiger partial charge in [0.15, 0.2) is 0 Å². The van der Waals surface area contributed by atoms with Gasteiger partial charge < -0.3 is 10.2 Å². The molecule has 1 atom stereocenters. The summed E-state index contributed by atoms with van der Waals surface area (Å²) >= 11 is 0. The lowest BCUT2D eigenvalue weighted by molar-refractivity contribution is 0.510. The number of nitrogens with one attached hydrogen (secondary N) is 1. The molecule has 3 heteroatoms. The van der Waals surface area contributed by atoms with Crippen LogP contribution in [-0.2, 0) is 0 Å². The summed E-state index contributed by atoms with van der Waals surface area (Å²) in [7, 11) is 0. The van der Waals surface area contributed by atoms with Crippen LogP contribution >= 0.6 is 0 Å². The molecule has 1 aromatic rings. The summed E-state index contributed by atoms with van der Waals surface area (Å²) < 4.78 is 13.2. The highest BCUT2D eigenvalue weighted by Gasteiger charge is 2.13. The normalized spacial score (nSPS) is 12.8. The number of anilines is 1. The number of hydrogen-bond acceptors (Lipinski definition) is 2. The summed E-state index contributed by atoms with van der Waals surface area (Å²) in [5.41, 5.74) is 0.955. The predicted molar refractivity (Wildman–Crippen MR) is 76.6 cm³/mol. The zero-order valence-corrected chi connectivity index (χ0v) is 11.9. The molecule has 1 aromatic carbocycles. The van der Waals surface area contributed by atoms with Crippen molar-refractivity contribution in [2.45, 2.75) is 33.7 Å². The molecule has 0 amide bonds. The van der Waals surface area contributed by atoms with Crippen LogP contribution in [0.2, 0.25) is 0 Å². The quantitative estimate of drug-likeness (QED) is 0.801. The summed E-state index contributed by atoms with van der Waals surface area (Å²) in [6, 6.07) is 7.17. The molecule has 1 N–H and O–H groups in total. The lowest BCUT2D eigenvalue weighted by atomic mass is 10.2. The van der Waals surface area contributed by atoms with E-state index in [2.05, 4.69) is 37.9 Å². The molecule has 0 bridgehead atoms. The minimum absolute atomic E-state index is 0.173. The third-order valence-electron chi connectivity index (χ3n) is 3.00. The van der Waals surface area contributed by atoms with Gasteiger partial charge in [0, 0.05) is 24.8 Å². The highest BCUT2D eigenvalue weighted by molar-refractivity contribution is 5.47. The molecule has 0 aromatic heterocycles. The van der Waals surface area contributed by atoms with Gasteiger partial charge in [0.05, 0.1) is 0 Å². The molecule has 0 fully saturated rings. The Morgan fingerprint density at radius 1 is 1.22 bits per heavy atom. The average Bonchev–Trinajstić information content (AvgIpc) is 2.29. The van der Waals surface area contributed by atoms with E-state index in [1.54, 1.807) is 12.1 Å². The summed E-state index contributed by atoms with van der Waals surface area (Å²) in [5, 5.41) is 3.45. The number of hydrogen-bond donors (Lipinski definition) is 1. The van der Waals surface area contributed by atoms with Gasteiger partial charge in [0.25, 0.3) is 0 Å². The maximum atomic E-state index is 13.2. The highest BCUT2D eigenvalue weighted by atomic mass is 19.1. The van der Waals surface area contributed by atoms with E-state index in [1.165, 1.54) is 6.07 Å². The van der Waals surface area contributed by atoms with E-state index in [4.69, 9.17) is 0 Å². The van der Waals surface area contributed by atoms with E-state index in [0.717, 1.165) is 25.3 Å². The minimum atomic E-state index is -0.173. The lowest BCUT2D eigenvalue weighted by Gasteiger charge is -2.30. The van der Waals surface area contributed by atoms with Crippen molar-refractivity contribution in [1.82, 2.24) is 5.32 Å². The third-order valence-corrected chi connectivity index (χ3v) is 3.00. The maximum absolute atomic E-state index is 13.2. The number of nitrogens with zero attached hydrogens (tertiary/aromatic N) is 1. The number of halogens is 1. The molecule has 0 aliphatic rings. The third kappa shape index (κ3) is 4.65. The predicted octanol–water partition coefficient (Wildman–Crippen LogP) is 3.29. The van der Waals surface area contributed by atoms with Crippen LogP contribution in [0.1, 0.15) is 27.7 Å². The molecule has 18 heavy (non-hydrogen) atoms. The van der Waals surface area contributed by atoms with Gasteiger partial charge in [0.1, 0.15) is 5.82 Å². The SMILES string of the molecule is CCN(c1cccc(F)c1)C(C)CNCC(C)C. The monoisotopic (exact) mass is 252 g/mol. The van der Waals surface area contributed by atoms with Crippen LogP contribution in [0.25, 0.3) is 0 Å². The Hall–Kier alpha value is -1.09. The van der Waals surface area contributed by atoms with Gasteiger partial charge in [-0.25, -0.2) is 4.39 Å². The van der Waals surface area contributed by atoms with Crippen LogP contribution in [0.5, 0.6) is 0 Å². The summed E-state index contributed by atoms with van der Waals surface area (Å²) in [6.07, 6.45) is 0. The first-order valence-electron chi connectivity index (χ1n) is 6.77. The van der Waals surface area contributed by atoms with Gasteiger partial charge >= 0.3 is 0 Å². The zero-order valence-electron chi connectivity index (χ0n) is 11.9. The fraction of sp³-hybridized carbons (Fsp3) is 0.600. The molecule has 0 saturated heterocycles. The Balaban J connectivity index is 2.59. The van der Waals surface area contributed by atoms with Crippen LogP contribution in [0.3, 0.4) is 0 Å². The van der Waals surface area contributed by atoms with E-state index in [-0.39, 0.29) is 5.82 Å². The number of benzene rings is 1. The maximum Gasteiger partial charge on any atom is 0.125 e. The first-order chi connectivity index (χ1) is 8.54. The van der Waals surface area contributed by atoms with Crippen LogP contribution in [0.4, 0.5) is 10.1 Å². The molecule has 1 unspecified atom stereocenters. The zero-order chi connectivity index (χ0) is 13.5. The average molecular weight is 252 g/mol. The van der Waals surface area contributed by atoms with E-state index in [0.29, 0.717) is 12.0 Å². The fourth-order valence-corrected chi connectivity index (χ4v) is 2.09. The topological polar surface area (TPSA) is 15.3 Å². The summed E-state index contributed by atoms with van der Waals surface area (Å²) in [5.74, 6) is 0.481. The molecular weight excluding hydrogens is 227 g/mol. The van der Waals surface area contributed by atoms with Gasteiger partial charge in [-0.2, -0.15) is 0 Å². The Labute approximate surface area is 110 Å². The summed E-state index contributed by atoms with van der Waals surface area (Å²) in [6.45, 7) is 11.5. The molecule has 102 valence electrons. The van der Waals surface area contributed by atoms with Crippen molar-refractivity contribution in [1.29, 1.82) is 0 Å². The van der Waals surface area contributed by atoms with Crippen molar-refractivity contribution in [3.63, 3.8) is 0 Å². The molecule has 0 aliphatic heterocycles. The molecule has 2 nitrogen and oxygen atoms in total. The van der Waals surface area contributed by atoms with Crippen LogP contribution in [0.15, 0.2) is 24.3 Å². The standard InChI is InChI=1S/C15H25FN2/c1-5-18(13(4)11-17-10-12(2)3)15-8-6-7-14(16)9-15/h6-9,12-13,17H,5,10-11H2,1-4H3. The van der Waals surface area contributed by atoms with Crippen LogP contribution in [0, 0.1) is 11.7 Å². The van der Waals surface area contributed by atoms with Crippen molar-refractivity contribution in [2.24, 2.45) is 5.92 Å². The summed E-state index contributed by atoms with van der Waals surface area (Å²) in [4.78, 5) is 2.22. The molecular formula is C15H25FN2. The molecule has 0 aliphatic carbocycles. The van der Waals surface area contributed by atoms with E-state index in [1.807, 2.05) is 6.07 Å². The Morgan fingerprint density at radius 3 is 2.50 bits per heavy atom. The molecule has 0 saturated carbocycles. The second-order valence-corrected chi connectivity index (χ2v) is 5.17. The highest BCUT2D eigenvalue weighted by Crippen LogP contribution is 2.17. The Morgan fingerprint density at radius 2 is 1.94 bits per heavy atom. The second-order valence-electron chi connectivity index (χ2n) is 5.17. The molecule has 1 rings (SSSR count). The van der Waals surface area contributed by atoms with Crippen molar-refractivity contribution < 1.29 is 4.39 Å². The molecule has 0 spiro atoms. The Kier molecular flexibility index (Phi) is 6.13. The minimum Gasteiger partial charge on any atom is -0.368 e. The van der Waals surface area contributed by atoms with Gasteiger partial charge in [-0.15, -0.1) is 0 Å². The van der Waals surface area contributed by atoms with Crippen molar-refractivity contribution >= 4 is 5.69 Å². The molecule has 0 heterocycles. The van der Waals surface area contributed by atoms with E-state index >= 15 is 0 Å². The number of likely N-dealkylation sites (N-methyl/N-ethyl adjacent to an activating group) is 1. The second kappa shape index (κ2) is 7.37. The first-order valence-corrected chi connectivity index (χ1v) is 6.77. The lowest BCUT2D eigenvalue weighted by Crippen LogP contribution is -2.41. The number of rotatable bonds is 7. The first kappa shape index (κ1) is 15.0. The van der Waals surface area contributed by atoms with Crippen molar-refractivity contribution in [3.8, 4) is 0 Å². The smallest absolute Gasteiger partial charge is 0.125 e.